The number of fused-ring (bicyclic) bond motifs is 1. The highest BCUT2D eigenvalue weighted by Gasteiger charge is 2.24. The van der Waals surface area contributed by atoms with Crippen molar-refractivity contribution >= 4 is 22.7 Å². The van der Waals surface area contributed by atoms with E-state index >= 15 is 0 Å². The standard InChI is InChI=1S/C27H26N2O6/c1-16-10-17(2)25-19(11-16)20(30)14-23(35-25)27(31)29(24-8-6-7-9-28-24)15-18-12-21(32-3)26(34-5)22(13-18)33-4/h6-14H,15H2,1-5H3. The summed E-state index contributed by atoms with van der Waals surface area (Å²) in [5.41, 5.74) is 2.53. The molecule has 0 aliphatic rings. The van der Waals surface area contributed by atoms with Crippen LogP contribution in [0, 0.1) is 13.8 Å². The van der Waals surface area contributed by atoms with E-state index in [1.54, 1.807) is 42.6 Å². The first-order chi connectivity index (χ1) is 16.9. The van der Waals surface area contributed by atoms with Gasteiger partial charge in [0.15, 0.2) is 22.7 Å². The maximum absolute atomic E-state index is 13.7. The molecule has 8 nitrogen and oxygen atoms in total. The van der Waals surface area contributed by atoms with E-state index in [4.69, 9.17) is 18.6 Å². The number of carbonyl (C=O) groups excluding carboxylic acids is 1. The van der Waals surface area contributed by atoms with Gasteiger partial charge in [-0.2, -0.15) is 0 Å². The average Bonchev–Trinajstić information content (AvgIpc) is 2.87. The van der Waals surface area contributed by atoms with E-state index in [-0.39, 0.29) is 17.7 Å². The second kappa shape index (κ2) is 9.89. The molecule has 1 amide bonds. The van der Waals surface area contributed by atoms with Crippen LogP contribution in [-0.4, -0.2) is 32.2 Å². The minimum Gasteiger partial charge on any atom is -0.493 e. The minimum absolute atomic E-state index is 0.0763. The number of rotatable bonds is 7. The Labute approximate surface area is 202 Å². The summed E-state index contributed by atoms with van der Waals surface area (Å²) < 4.78 is 22.3. The van der Waals surface area contributed by atoms with Crippen molar-refractivity contribution in [2.75, 3.05) is 26.2 Å². The number of carbonyl (C=O) groups is 1. The summed E-state index contributed by atoms with van der Waals surface area (Å²) in [7, 11) is 4.57. The van der Waals surface area contributed by atoms with Gasteiger partial charge in [-0.15, -0.1) is 0 Å². The molecule has 0 saturated carbocycles. The SMILES string of the molecule is COc1cc(CN(C(=O)c2cc(=O)c3cc(C)cc(C)c3o2)c2ccccn2)cc(OC)c1OC. The maximum Gasteiger partial charge on any atom is 0.295 e. The van der Waals surface area contributed by atoms with E-state index in [1.165, 1.54) is 32.3 Å². The first-order valence-electron chi connectivity index (χ1n) is 10.9. The van der Waals surface area contributed by atoms with Gasteiger partial charge in [0.1, 0.15) is 11.4 Å². The van der Waals surface area contributed by atoms with Gasteiger partial charge in [0.2, 0.25) is 5.75 Å². The van der Waals surface area contributed by atoms with Crippen LogP contribution in [0.5, 0.6) is 17.2 Å². The molecule has 180 valence electrons. The van der Waals surface area contributed by atoms with Gasteiger partial charge < -0.3 is 18.6 Å². The zero-order valence-electron chi connectivity index (χ0n) is 20.2. The van der Waals surface area contributed by atoms with Gasteiger partial charge in [-0.3, -0.25) is 14.5 Å². The number of anilines is 1. The molecule has 2 heterocycles. The van der Waals surface area contributed by atoms with E-state index in [0.717, 1.165) is 11.1 Å². The second-order valence-corrected chi connectivity index (χ2v) is 8.05. The van der Waals surface area contributed by atoms with E-state index in [0.29, 0.717) is 39.6 Å². The van der Waals surface area contributed by atoms with Crippen molar-refractivity contribution in [2.45, 2.75) is 20.4 Å². The summed E-state index contributed by atoms with van der Waals surface area (Å²) in [5, 5.41) is 0.438. The summed E-state index contributed by atoms with van der Waals surface area (Å²) in [5.74, 6) is 1.18. The van der Waals surface area contributed by atoms with Crippen LogP contribution in [0.3, 0.4) is 0 Å². The van der Waals surface area contributed by atoms with Gasteiger partial charge in [-0.05, 0) is 60.9 Å². The zero-order chi connectivity index (χ0) is 25.1. The molecular formula is C27H26N2O6. The van der Waals surface area contributed by atoms with Crippen molar-refractivity contribution in [3.63, 3.8) is 0 Å². The van der Waals surface area contributed by atoms with Crippen molar-refractivity contribution < 1.29 is 23.4 Å². The molecule has 4 rings (SSSR count). The van der Waals surface area contributed by atoms with Crippen LogP contribution in [0.1, 0.15) is 27.2 Å². The lowest BCUT2D eigenvalue weighted by Gasteiger charge is -2.22. The fraction of sp³-hybridized carbons (Fsp3) is 0.222. The number of ether oxygens (including phenoxy) is 3. The van der Waals surface area contributed by atoms with Crippen LogP contribution >= 0.6 is 0 Å². The van der Waals surface area contributed by atoms with Crippen LogP contribution in [0.25, 0.3) is 11.0 Å². The minimum atomic E-state index is -0.503. The third kappa shape index (κ3) is 4.68. The van der Waals surface area contributed by atoms with Crippen LogP contribution < -0.4 is 24.5 Å². The summed E-state index contributed by atoms with van der Waals surface area (Å²) in [6, 6.07) is 13.7. The number of hydrogen-bond donors (Lipinski definition) is 0. The van der Waals surface area contributed by atoms with E-state index in [9.17, 15) is 9.59 Å². The molecule has 0 unspecified atom stereocenters. The molecule has 0 radical (unpaired) electrons. The number of aromatic nitrogens is 1. The highest BCUT2D eigenvalue weighted by molar-refractivity contribution is 6.04. The van der Waals surface area contributed by atoms with Gasteiger partial charge in [0.05, 0.1) is 33.3 Å². The topological polar surface area (TPSA) is 91.1 Å². The molecule has 0 aliphatic heterocycles. The lowest BCUT2D eigenvalue weighted by Crippen LogP contribution is -2.31. The Kier molecular flexibility index (Phi) is 6.73. The Hall–Kier alpha value is -4.33. The molecule has 4 aromatic rings. The van der Waals surface area contributed by atoms with Crippen LogP contribution in [0.15, 0.2) is 63.9 Å². The van der Waals surface area contributed by atoms with Crippen LogP contribution in [-0.2, 0) is 6.54 Å². The van der Waals surface area contributed by atoms with Crippen molar-refractivity contribution in [1.82, 2.24) is 4.98 Å². The van der Waals surface area contributed by atoms with Gasteiger partial charge in [0.25, 0.3) is 5.91 Å². The molecule has 0 fully saturated rings. The number of aryl methyl sites for hydroxylation is 2. The van der Waals surface area contributed by atoms with Crippen molar-refractivity contribution in [2.24, 2.45) is 0 Å². The molecule has 0 aliphatic carbocycles. The molecule has 8 heteroatoms. The first kappa shape index (κ1) is 23.8. The Morgan fingerprint density at radius 1 is 0.971 bits per heavy atom. The zero-order valence-corrected chi connectivity index (χ0v) is 20.2. The van der Waals surface area contributed by atoms with Crippen molar-refractivity contribution in [1.29, 1.82) is 0 Å². The number of hydrogen-bond acceptors (Lipinski definition) is 7. The molecule has 2 aromatic heterocycles. The Morgan fingerprint density at radius 3 is 2.29 bits per heavy atom. The lowest BCUT2D eigenvalue weighted by atomic mass is 10.1. The third-order valence-corrected chi connectivity index (χ3v) is 5.61. The number of methoxy groups -OCH3 is 3. The molecule has 0 N–H and O–H groups in total. The number of pyridine rings is 1. The lowest BCUT2D eigenvalue weighted by molar-refractivity contribution is 0.0958. The van der Waals surface area contributed by atoms with E-state index in [2.05, 4.69) is 4.98 Å². The van der Waals surface area contributed by atoms with Crippen molar-refractivity contribution in [3.8, 4) is 17.2 Å². The van der Waals surface area contributed by atoms with Crippen LogP contribution in [0.2, 0.25) is 0 Å². The van der Waals surface area contributed by atoms with Crippen molar-refractivity contribution in [3.05, 3.63) is 87.4 Å². The average molecular weight is 475 g/mol. The van der Waals surface area contributed by atoms with E-state index in [1.807, 2.05) is 19.9 Å². The fourth-order valence-electron chi connectivity index (χ4n) is 4.03. The molecule has 35 heavy (non-hydrogen) atoms. The number of benzene rings is 2. The third-order valence-electron chi connectivity index (χ3n) is 5.61. The molecule has 0 bridgehead atoms. The van der Waals surface area contributed by atoms with Gasteiger partial charge >= 0.3 is 0 Å². The number of nitrogens with zero attached hydrogens (tertiary/aromatic N) is 2. The van der Waals surface area contributed by atoms with Gasteiger partial charge in [-0.25, -0.2) is 4.98 Å². The monoisotopic (exact) mass is 474 g/mol. The second-order valence-electron chi connectivity index (χ2n) is 8.05. The highest BCUT2D eigenvalue weighted by atomic mass is 16.5. The summed E-state index contributed by atoms with van der Waals surface area (Å²) in [6.45, 7) is 3.87. The normalized spacial score (nSPS) is 10.8. The largest absolute Gasteiger partial charge is 0.493 e. The van der Waals surface area contributed by atoms with E-state index < -0.39 is 5.91 Å². The molecular weight excluding hydrogens is 448 g/mol. The van der Waals surface area contributed by atoms with Gasteiger partial charge in [0, 0.05) is 12.3 Å². The molecule has 0 spiro atoms. The molecule has 0 saturated heterocycles. The smallest absolute Gasteiger partial charge is 0.295 e. The highest BCUT2D eigenvalue weighted by Crippen LogP contribution is 2.38. The molecule has 0 atom stereocenters. The fourth-order valence-corrected chi connectivity index (χ4v) is 4.03. The summed E-state index contributed by atoms with van der Waals surface area (Å²) in [4.78, 5) is 32.4. The number of amides is 1. The molecule has 2 aromatic carbocycles. The summed E-state index contributed by atoms with van der Waals surface area (Å²) in [6.07, 6.45) is 1.59. The van der Waals surface area contributed by atoms with Gasteiger partial charge in [-0.1, -0.05) is 12.1 Å². The summed E-state index contributed by atoms with van der Waals surface area (Å²) >= 11 is 0. The van der Waals surface area contributed by atoms with Crippen LogP contribution in [0.4, 0.5) is 5.82 Å². The Balaban J connectivity index is 1.82. The first-order valence-corrected chi connectivity index (χ1v) is 10.9. The predicted octanol–water partition coefficient (Wildman–Crippen LogP) is 4.68. The Bertz CT molecular complexity index is 1420. The predicted molar refractivity (Wildman–Crippen MR) is 133 cm³/mol. The Morgan fingerprint density at radius 2 is 1.69 bits per heavy atom. The maximum atomic E-state index is 13.7. The quantitative estimate of drug-likeness (QED) is 0.384.